The number of aliphatic hydroxyl groups excluding tert-OH is 1. The van der Waals surface area contributed by atoms with Gasteiger partial charge in [-0.25, -0.2) is 9.97 Å². The van der Waals surface area contributed by atoms with Crippen molar-refractivity contribution in [1.82, 2.24) is 15.0 Å². The fraction of sp³-hybridized carbons (Fsp3) is 0.292. The summed E-state index contributed by atoms with van der Waals surface area (Å²) in [6.07, 6.45) is 7.16. The summed E-state index contributed by atoms with van der Waals surface area (Å²) in [5, 5.41) is 18.5. The van der Waals surface area contributed by atoms with Crippen molar-refractivity contribution < 1.29 is 5.11 Å². The third kappa shape index (κ3) is 4.55. The van der Waals surface area contributed by atoms with Gasteiger partial charge < -0.3 is 15.7 Å². The molecule has 2 aromatic heterocycles. The molecule has 8 heteroatoms. The van der Waals surface area contributed by atoms with Crippen molar-refractivity contribution >= 4 is 44.1 Å². The molecule has 32 heavy (non-hydrogen) atoms. The smallest absolute Gasteiger partial charge is 0.184 e. The van der Waals surface area contributed by atoms with Crippen molar-refractivity contribution in [1.29, 1.82) is 0 Å². The van der Waals surface area contributed by atoms with Crippen molar-refractivity contribution in [3.05, 3.63) is 65.4 Å². The summed E-state index contributed by atoms with van der Waals surface area (Å²) in [4.78, 5) is 13.7. The number of thiazole rings is 1. The van der Waals surface area contributed by atoms with Gasteiger partial charge in [0.25, 0.3) is 0 Å². The van der Waals surface area contributed by atoms with Gasteiger partial charge in [0, 0.05) is 12.1 Å². The highest BCUT2D eigenvalue weighted by atomic mass is 35.5. The number of rotatable bonds is 6. The number of halogens is 1. The molecule has 1 saturated carbocycles. The second kappa shape index (κ2) is 9.40. The van der Waals surface area contributed by atoms with Gasteiger partial charge in [0.1, 0.15) is 5.82 Å². The fourth-order valence-corrected chi connectivity index (χ4v) is 5.35. The van der Waals surface area contributed by atoms with E-state index in [-0.39, 0.29) is 12.1 Å². The van der Waals surface area contributed by atoms with E-state index in [1.807, 2.05) is 42.5 Å². The van der Waals surface area contributed by atoms with Crippen LogP contribution in [0.5, 0.6) is 0 Å². The second-order valence-electron chi connectivity index (χ2n) is 8.02. The molecule has 0 saturated heterocycles. The monoisotopic (exact) mass is 465 g/mol. The largest absolute Gasteiger partial charge is 0.391 e. The normalized spacial score (nSPS) is 18.6. The quantitative estimate of drug-likeness (QED) is 0.337. The zero-order valence-corrected chi connectivity index (χ0v) is 19.0. The highest BCUT2D eigenvalue weighted by Crippen LogP contribution is 2.36. The predicted octanol–water partition coefficient (Wildman–Crippen LogP) is 5.73. The van der Waals surface area contributed by atoms with Gasteiger partial charge in [-0.05, 0) is 24.5 Å². The van der Waals surface area contributed by atoms with Crippen LogP contribution in [0.4, 0.5) is 10.9 Å². The minimum absolute atomic E-state index is 0.0553. The maximum atomic E-state index is 10.2. The number of fused-ring (bicyclic) bond motifs is 1. The number of aliphatic hydroxyl groups is 1. The Labute approximate surface area is 195 Å². The molecule has 3 N–H and O–H groups in total. The van der Waals surface area contributed by atoms with Crippen LogP contribution < -0.4 is 10.6 Å². The van der Waals surface area contributed by atoms with Crippen LogP contribution in [-0.2, 0) is 6.54 Å². The lowest BCUT2D eigenvalue weighted by Gasteiger charge is -2.27. The standard InChI is InChI=1S/C24H24ClN5OS/c25-22-16(12-27-21-14-26-13-19(28-21)15-6-2-1-3-7-15)10-11-18-23(22)32-24(30-18)29-17-8-4-5-9-20(17)31/h1-3,6-7,10-11,13-14,17,20,31H,4-5,8-9,12H2,(H,27,28)(H,29,30)/t17-,20-/m0/s1. The molecular formula is C24H24ClN5OS. The molecule has 6 nitrogen and oxygen atoms in total. The summed E-state index contributed by atoms with van der Waals surface area (Å²) in [7, 11) is 0. The van der Waals surface area contributed by atoms with E-state index in [1.165, 1.54) is 11.3 Å². The molecule has 1 fully saturated rings. The lowest BCUT2D eigenvalue weighted by atomic mass is 9.93. The van der Waals surface area contributed by atoms with Crippen molar-refractivity contribution in [2.75, 3.05) is 10.6 Å². The van der Waals surface area contributed by atoms with Crippen LogP contribution in [0.15, 0.2) is 54.9 Å². The predicted molar refractivity (Wildman–Crippen MR) is 131 cm³/mol. The molecule has 5 rings (SSSR count). The van der Waals surface area contributed by atoms with Crippen LogP contribution in [0.25, 0.3) is 21.5 Å². The van der Waals surface area contributed by atoms with E-state index in [0.717, 1.165) is 57.9 Å². The van der Waals surface area contributed by atoms with Crippen LogP contribution >= 0.6 is 22.9 Å². The molecule has 0 bridgehead atoms. The first-order valence-electron chi connectivity index (χ1n) is 10.8. The number of hydrogen-bond acceptors (Lipinski definition) is 7. The molecule has 4 aromatic rings. The fourth-order valence-electron chi connectivity index (χ4n) is 4.02. The number of aromatic nitrogens is 3. The van der Waals surface area contributed by atoms with Crippen molar-refractivity contribution in [3.63, 3.8) is 0 Å². The number of nitrogens with zero attached hydrogens (tertiary/aromatic N) is 3. The summed E-state index contributed by atoms with van der Waals surface area (Å²) in [5.41, 5.74) is 3.68. The Morgan fingerprint density at radius 2 is 1.88 bits per heavy atom. The van der Waals surface area contributed by atoms with Crippen LogP contribution in [0.3, 0.4) is 0 Å². The van der Waals surface area contributed by atoms with E-state index in [4.69, 9.17) is 11.6 Å². The summed E-state index contributed by atoms with van der Waals surface area (Å²) in [5.74, 6) is 0.695. The molecule has 2 atom stereocenters. The minimum atomic E-state index is -0.321. The highest BCUT2D eigenvalue weighted by Gasteiger charge is 2.24. The topological polar surface area (TPSA) is 83.0 Å². The average Bonchev–Trinajstić information content (AvgIpc) is 3.24. The Kier molecular flexibility index (Phi) is 6.21. The first-order chi connectivity index (χ1) is 15.7. The summed E-state index contributed by atoms with van der Waals surface area (Å²) in [6, 6.07) is 14.0. The van der Waals surface area contributed by atoms with E-state index >= 15 is 0 Å². The van der Waals surface area contributed by atoms with Crippen LogP contribution in [0, 0.1) is 0 Å². The van der Waals surface area contributed by atoms with Crippen molar-refractivity contribution in [3.8, 4) is 11.3 Å². The average molecular weight is 466 g/mol. The van der Waals surface area contributed by atoms with E-state index < -0.39 is 0 Å². The van der Waals surface area contributed by atoms with Gasteiger partial charge in [0.05, 0.1) is 45.5 Å². The van der Waals surface area contributed by atoms with E-state index in [9.17, 15) is 5.11 Å². The van der Waals surface area contributed by atoms with Crippen molar-refractivity contribution in [2.24, 2.45) is 0 Å². The molecule has 2 heterocycles. The van der Waals surface area contributed by atoms with Crippen LogP contribution in [0.1, 0.15) is 31.2 Å². The summed E-state index contributed by atoms with van der Waals surface area (Å²) >= 11 is 8.27. The van der Waals surface area contributed by atoms with Crippen LogP contribution in [0.2, 0.25) is 5.02 Å². The molecular weight excluding hydrogens is 442 g/mol. The maximum Gasteiger partial charge on any atom is 0.184 e. The van der Waals surface area contributed by atoms with Gasteiger partial charge >= 0.3 is 0 Å². The molecule has 0 unspecified atom stereocenters. The van der Waals surface area contributed by atoms with Crippen LogP contribution in [-0.4, -0.2) is 32.2 Å². The molecule has 164 valence electrons. The first kappa shape index (κ1) is 21.1. The lowest BCUT2D eigenvalue weighted by Crippen LogP contribution is -2.36. The number of benzene rings is 2. The molecule has 0 spiro atoms. The molecule has 1 aliphatic carbocycles. The first-order valence-corrected chi connectivity index (χ1v) is 12.0. The second-order valence-corrected chi connectivity index (χ2v) is 9.39. The van der Waals surface area contributed by atoms with Gasteiger partial charge in [-0.2, -0.15) is 0 Å². The lowest BCUT2D eigenvalue weighted by molar-refractivity contribution is 0.116. The Morgan fingerprint density at radius 1 is 1.03 bits per heavy atom. The molecule has 0 amide bonds. The Hall–Kier alpha value is -2.74. The molecule has 0 aliphatic heterocycles. The Bertz CT molecular complexity index is 1220. The minimum Gasteiger partial charge on any atom is -0.391 e. The van der Waals surface area contributed by atoms with Gasteiger partial charge in [-0.1, -0.05) is 72.2 Å². The van der Waals surface area contributed by atoms with E-state index in [2.05, 4.69) is 25.6 Å². The Morgan fingerprint density at radius 3 is 2.72 bits per heavy atom. The SMILES string of the molecule is O[C@H]1CCCC[C@@H]1Nc1nc2ccc(CNc3cncc(-c4ccccc4)n3)c(Cl)c2s1. The summed E-state index contributed by atoms with van der Waals surface area (Å²) < 4.78 is 0.947. The highest BCUT2D eigenvalue weighted by molar-refractivity contribution is 7.22. The third-order valence-corrected chi connectivity index (χ3v) is 7.34. The maximum absolute atomic E-state index is 10.2. The van der Waals surface area contributed by atoms with Gasteiger partial charge in [-0.15, -0.1) is 0 Å². The molecule has 0 radical (unpaired) electrons. The zero-order valence-electron chi connectivity index (χ0n) is 17.5. The number of hydrogen-bond donors (Lipinski definition) is 3. The summed E-state index contributed by atoms with van der Waals surface area (Å²) in [6.45, 7) is 0.531. The van der Waals surface area contributed by atoms with Crippen molar-refractivity contribution in [2.45, 2.75) is 44.4 Å². The number of nitrogens with one attached hydrogen (secondary N) is 2. The van der Waals surface area contributed by atoms with E-state index in [0.29, 0.717) is 17.4 Å². The van der Waals surface area contributed by atoms with Gasteiger partial charge in [0.15, 0.2) is 5.13 Å². The van der Waals surface area contributed by atoms with Gasteiger partial charge in [0.2, 0.25) is 0 Å². The molecule has 2 aromatic carbocycles. The number of anilines is 2. The van der Waals surface area contributed by atoms with Gasteiger partial charge in [-0.3, -0.25) is 4.98 Å². The van der Waals surface area contributed by atoms with E-state index in [1.54, 1.807) is 12.4 Å². The molecule has 1 aliphatic rings. The Balaban J connectivity index is 1.31. The third-order valence-electron chi connectivity index (χ3n) is 5.78. The zero-order chi connectivity index (χ0) is 21.9.